The molecule has 2 aromatic rings. The molecular formula is C14H17N5O2. The van der Waals surface area contributed by atoms with Crippen molar-refractivity contribution in [3.63, 3.8) is 0 Å². The fourth-order valence-corrected chi connectivity index (χ4v) is 2.44. The minimum atomic E-state index is -0.808. The summed E-state index contributed by atoms with van der Waals surface area (Å²) in [5.74, 6) is -0.808. The molecule has 3 rings (SSSR count). The molecule has 1 aromatic carbocycles. The number of rotatable bonds is 4. The van der Waals surface area contributed by atoms with Gasteiger partial charge in [-0.1, -0.05) is 18.2 Å². The minimum absolute atomic E-state index is 0.460. The molecule has 0 radical (unpaired) electrons. The summed E-state index contributed by atoms with van der Waals surface area (Å²) in [6.07, 6.45) is 1.69. The van der Waals surface area contributed by atoms with E-state index in [1.165, 1.54) is 0 Å². The van der Waals surface area contributed by atoms with Gasteiger partial charge >= 0.3 is 5.97 Å². The predicted octanol–water partition coefficient (Wildman–Crippen LogP) is 0.126. The summed E-state index contributed by atoms with van der Waals surface area (Å²) in [6.45, 7) is 2.43. The highest BCUT2D eigenvalue weighted by molar-refractivity contribution is 5.73. The zero-order chi connectivity index (χ0) is 14.7. The summed E-state index contributed by atoms with van der Waals surface area (Å²) in [5.41, 5.74) is 1.66. The Morgan fingerprint density at radius 3 is 2.95 bits per heavy atom. The third kappa shape index (κ3) is 3.09. The van der Waals surface area contributed by atoms with Gasteiger partial charge in [0.2, 0.25) is 0 Å². The van der Waals surface area contributed by atoms with Crippen LogP contribution in [0.5, 0.6) is 0 Å². The van der Waals surface area contributed by atoms with E-state index in [2.05, 4.69) is 15.5 Å². The van der Waals surface area contributed by atoms with E-state index in [9.17, 15) is 9.90 Å². The van der Waals surface area contributed by atoms with Gasteiger partial charge < -0.3 is 10.4 Å². The molecular weight excluding hydrogens is 270 g/mol. The lowest BCUT2D eigenvalue weighted by molar-refractivity contribution is -0.144. The van der Waals surface area contributed by atoms with Gasteiger partial charge in [0, 0.05) is 26.2 Å². The van der Waals surface area contributed by atoms with Gasteiger partial charge in [0.05, 0.1) is 17.6 Å². The van der Waals surface area contributed by atoms with Crippen molar-refractivity contribution in [1.82, 2.24) is 25.2 Å². The number of hydrogen-bond donors (Lipinski definition) is 2. The Hall–Kier alpha value is -2.25. The highest BCUT2D eigenvalue weighted by Gasteiger charge is 2.28. The molecule has 1 aliphatic heterocycles. The summed E-state index contributed by atoms with van der Waals surface area (Å²) < 4.78 is 0. The van der Waals surface area contributed by atoms with Gasteiger partial charge in [0.25, 0.3) is 0 Å². The van der Waals surface area contributed by atoms with E-state index in [0.717, 1.165) is 17.9 Å². The maximum Gasteiger partial charge on any atom is 0.322 e. The molecule has 7 heteroatoms. The summed E-state index contributed by atoms with van der Waals surface area (Å²) in [7, 11) is 0. The third-order valence-corrected chi connectivity index (χ3v) is 3.53. The van der Waals surface area contributed by atoms with Gasteiger partial charge in [-0.15, -0.1) is 0 Å². The van der Waals surface area contributed by atoms with Crippen LogP contribution >= 0.6 is 0 Å². The minimum Gasteiger partial charge on any atom is -0.480 e. The average molecular weight is 287 g/mol. The van der Waals surface area contributed by atoms with Crippen molar-refractivity contribution in [3.05, 3.63) is 42.2 Å². The van der Waals surface area contributed by atoms with Crippen LogP contribution in [0.25, 0.3) is 5.69 Å². The van der Waals surface area contributed by atoms with Gasteiger partial charge in [-0.25, -0.2) is 0 Å². The first-order chi connectivity index (χ1) is 10.2. The average Bonchev–Trinajstić information content (AvgIpc) is 2.97. The predicted molar refractivity (Wildman–Crippen MR) is 76.1 cm³/mol. The van der Waals surface area contributed by atoms with E-state index >= 15 is 0 Å². The second kappa shape index (κ2) is 6.02. The van der Waals surface area contributed by atoms with Crippen molar-refractivity contribution < 1.29 is 9.90 Å². The Morgan fingerprint density at radius 2 is 2.19 bits per heavy atom. The third-order valence-electron chi connectivity index (χ3n) is 3.53. The van der Waals surface area contributed by atoms with Crippen molar-refractivity contribution in [2.45, 2.75) is 12.6 Å². The van der Waals surface area contributed by atoms with Crippen LogP contribution in [0, 0.1) is 0 Å². The van der Waals surface area contributed by atoms with Crippen molar-refractivity contribution in [3.8, 4) is 5.69 Å². The quantitative estimate of drug-likeness (QED) is 0.831. The first-order valence-corrected chi connectivity index (χ1v) is 6.88. The number of nitrogens with one attached hydrogen (secondary N) is 1. The number of carbonyl (C=O) groups is 1. The number of aliphatic carboxylic acids is 1. The van der Waals surface area contributed by atoms with Crippen molar-refractivity contribution in [2.24, 2.45) is 0 Å². The van der Waals surface area contributed by atoms with Crippen LogP contribution in [0.3, 0.4) is 0 Å². The van der Waals surface area contributed by atoms with Crippen molar-refractivity contribution in [2.75, 3.05) is 19.6 Å². The van der Waals surface area contributed by atoms with Gasteiger partial charge in [-0.2, -0.15) is 15.0 Å². The summed E-state index contributed by atoms with van der Waals surface area (Å²) in [4.78, 5) is 14.7. The molecule has 0 spiro atoms. The number of hydrogen-bond acceptors (Lipinski definition) is 5. The Balaban J connectivity index is 1.73. The van der Waals surface area contributed by atoms with Gasteiger partial charge in [-0.3, -0.25) is 9.69 Å². The van der Waals surface area contributed by atoms with Crippen molar-refractivity contribution in [1.29, 1.82) is 0 Å². The van der Waals surface area contributed by atoms with Gasteiger partial charge in [0.15, 0.2) is 0 Å². The molecule has 1 aromatic heterocycles. The summed E-state index contributed by atoms with van der Waals surface area (Å²) in [6, 6.07) is 9.13. The first-order valence-electron chi connectivity index (χ1n) is 6.88. The van der Waals surface area contributed by atoms with Crippen LogP contribution in [-0.4, -0.2) is 56.6 Å². The molecule has 0 aliphatic carbocycles. The van der Waals surface area contributed by atoms with Crippen LogP contribution in [0.2, 0.25) is 0 Å². The van der Waals surface area contributed by atoms with Gasteiger partial charge in [-0.05, 0) is 12.1 Å². The second-order valence-electron chi connectivity index (χ2n) is 4.99. The SMILES string of the molecule is O=C(O)C1CNCCN1Cc1cnn(-c2ccccc2)n1. The molecule has 21 heavy (non-hydrogen) atoms. The Labute approximate surface area is 122 Å². The molecule has 1 saturated heterocycles. The van der Waals surface area contributed by atoms with Crippen LogP contribution in [-0.2, 0) is 11.3 Å². The molecule has 0 amide bonds. The van der Waals surface area contributed by atoms with E-state index in [0.29, 0.717) is 19.6 Å². The number of piperazine rings is 1. The topological polar surface area (TPSA) is 83.3 Å². The maximum atomic E-state index is 11.3. The van der Waals surface area contributed by atoms with Crippen LogP contribution in [0.1, 0.15) is 5.69 Å². The maximum absolute atomic E-state index is 11.3. The lowest BCUT2D eigenvalue weighted by Gasteiger charge is -2.32. The highest BCUT2D eigenvalue weighted by atomic mass is 16.4. The number of carboxylic acids is 1. The standard InChI is InChI=1S/C14H17N5O2/c20-14(21)13-9-15-6-7-18(13)10-11-8-16-19(17-11)12-4-2-1-3-5-12/h1-5,8,13,15H,6-7,9-10H2,(H,20,21). The Bertz CT molecular complexity index is 613. The monoisotopic (exact) mass is 287 g/mol. The summed E-state index contributed by atoms with van der Waals surface area (Å²) in [5, 5.41) is 21.0. The molecule has 2 heterocycles. The Kier molecular flexibility index (Phi) is 3.94. The van der Waals surface area contributed by atoms with E-state index in [1.54, 1.807) is 11.0 Å². The lowest BCUT2D eigenvalue weighted by Crippen LogP contribution is -2.54. The molecule has 2 N–H and O–H groups in total. The largest absolute Gasteiger partial charge is 0.480 e. The molecule has 1 aliphatic rings. The molecule has 0 bridgehead atoms. The first kappa shape index (κ1) is 13.7. The Morgan fingerprint density at radius 1 is 1.38 bits per heavy atom. The fraction of sp³-hybridized carbons (Fsp3) is 0.357. The zero-order valence-corrected chi connectivity index (χ0v) is 11.5. The second-order valence-corrected chi connectivity index (χ2v) is 4.99. The van der Waals surface area contributed by atoms with Crippen molar-refractivity contribution >= 4 is 5.97 Å². The fourth-order valence-electron chi connectivity index (χ4n) is 2.44. The lowest BCUT2D eigenvalue weighted by atomic mass is 10.2. The van der Waals surface area contributed by atoms with Crippen LogP contribution < -0.4 is 5.32 Å². The number of benzene rings is 1. The van der Waals surface area contributed by atoms with Crippen LogP contribution in [0.4, 0.5) is 0 Å². The summed E-state index contributed by atoms with van der Waals surface area (Å²) >= 11 is 0. The normalized spacial score (nSPS) is 19.5. The molecule has 1 unspecified atom stereocenters. The van der Waals surface area contributed by atoms with E-state index in [-0.39, 0.29) is 0 Å². The highest BCUT2D eigenvalue weighted by Crippen LogP contribution is 2.10. The number of nitrogens with zero attached hydrogens (tertiary/aromatic N) is 4. The number of carboxylic acid groups (broad SMARTS) is 1. The smallest absolute Gasteiger partial charge is 0.322 e. The van der Waals surface area contributed by atoms with E-state index < -0.39 is 12.0 Å². The van der Waals surface area contributed by atoms with Crippen LogP contribution in [0.15, 0.2) is 36.5 Å². The molecule has 7 nitrogen and oxygen atoms in total. The molecule has 1 atom stereocenters. The van der Waals surface area contributed by atoms with E-state index in [4.69, 9.17) is 0 Å². The molecule has 0 saturated carbocycles. The molecule has 1 fully saturated rings. The van der Waals surface area contributed by atoms with E-state index in [1.807, 2.05) is 35.2 Å². The number of aromatic nitrogens is 3. The molecule has 110 valence electrons. The zero-order valence-electron chi connectivity index (χ0n) is 11.5. The van der Waals surface area contributed by atoms with Gasteiger partial charge in [0.1, 0.15) is 6.04 Å². The number of para-hydroxylation sites is 1.